The van der Waals surface area contributed by atoms with Crippen LogP contribution in [0.2, 0.25) is 5.02 Å². The van der Waals surface area contributed by atoms with E-state index in [9.17, 15) is 8.78 Å². The van der Waals surface area contributed by atoms with Gasteiger partial charge in [0, 0.05) is 9.85 Å². The van der Waals surface area contributed by atoms with Gasteiger partial charge in [0.1, 0.15) is 0 Å². The van der Waals surface area contributed by atoms with Gasteiger partial charge in [0.15, 0.2) is 11.6 Å². The van der Waals surface area contributed by atoms with Crippen molar-refractivity contribution in [1.82, 2.24) is 0 Å². The second kappa shape index (κ2) is 5.69. The Labute approximate surface area is 126 Å². The Kier molecular flexibility index (Phi) is 4.56. The molecular weight excluding hydrogens is 334 g/mol. The zero-order valence-electron chi connectivity index (χ0n) is 11.1. The van der Waals surface area contributed by atoms with Crippen LogP contribution in [0.25, 0.3) is 0 Å². The van der Waals surface area contributed by atoms with Crippen LogP contribution in [0.4, 0.5) is 8.78 Å². The molecule has 0 N–H and O–H groups in total. The van der Waals surface area contributed by atoms with E-state index >= 15 is 0 Å². The first-order chi connectivity index (χ1) is 8.83. The highest BCUT2D eigenvalue weighted by atomic mass is 79.9. The maximum atomic E-state index is 13.4. The lowest BCUT2D eigenvalue weighted by Crippen LogP contribution is -2.30. The third-order valence-electron chi connectivity index (χ3n) is 4.28. The number of hydrogen-bond acceptors (Lipinski definition) is 0. The Hall–Kier alpha value is -0.150. The minimum absolute atomic E-state index is 0.0367. The molecule has 2 rings (SSSR count). The molecule has 19 heavy (non-hydrogen) atoms. The molecule has 0 amide bonds. The fourth-order valence-corrected chi connectivity index (χ4v) is 4.79. The zero-order valence-corrected chi connectivity index (χ0v) is 13.5. The molecule has 2 unspecified atom stereocenters. The molecule has 1 saturated carbocycles. The molecule has 0 bridgehead atoms. The van der Waals surface area contributed by atoms with Crippen LogP contribution in [0.15, 0.2) is 12.1 Å². The Morgan fingerprint density at radius 2 is 1.89 bits per heavy atom. The lowest BCUT2D eigenvalue weighted by atomic mass is 9.67. The smallest absolute Gasteiger partial charge is 0.160 e. The van der Waals surface area contributed by atoms with E-state index in [1.807, 2.05) is 0 Å². The summed E-state index contributed by atoms with van der Waals surface area (Å²) in [4.78, 5) is -0.0367. The fourth-order valence-electron chi connectivity index (χ4n) is 3.03. The van der Waals surface area contributed by atoms with E-state index in [1.54, 1.807) is 0 Å². The average Bonchev–Trinajstić information content (AvgIpc) is 2.32. The molecular formula is C15H18BrClF2. The van der Waals surface area contributed by atoms with E-state index in [2.05, 4.69) is 29.8 Å². The monoisotopic (exact) mass is 350 g/mol. The van der Waals surface area contributed by atoms with Gasteiger partial charge in [-0.15, -0.1) is 0 Å². The van der Waals surface area contributed by atoms with Crippen molar-refractivity contribution in [3.63, 3.8) is 0 Å². The van der Waals surface area contributed by atoms with Gasteiger partial charge in [0.05, 0.1) is 0 Å². The van der Waals surface area contributed by atoms with Crippen molar-refractivity contribution >= 4 is 27.5 Å². The van der Waals surface area contributed by atoms with Crippen LogP contribution in [0.1, 0.15) is 49.9 Å². The van der Waals surface area contributed by atoms with E-state index in [1.165, 1.54) is 18.9 Å². The maximum Gasteiger partial charge on any atom is 0.160 e. The van der Waals surface area contributed by atoms with E-state index < -0.39 is 11.6 Å². The lowest BCUT2D eigenvalue weighted by molar-refractivity contribution is 0.136. The molecule has 0 aliphatic heterocycles. The van der Waals surface area contributed by atoms with Crippen LogP contribution in [0, 0.1) is 23.0 Å². The predicted molar refractivity (Wildman–Crippen MR) is 78.8 cm³/mol. The van der Waals surface area contributed by atoms with E-state index in [0.29, 0.717) is 16.5 Å². The van der Waals surface area contributed by atoms with Crippen LogP contribution in [0.3, 0.4) is 0 Å². The van der Waals surface area contributed by atoms with Gasteiger partial charge in [-0.25, -0.2) is 8.78 Å². The Morgan fingerprint density at radius 3 is 2.53 bits per heavy atom. The first-order valence-corrected chi connectivity index (χ1v) is 7.91. The van der Waals surface area contributed by atoms with Crippen LogP contribution in [-0.2, 0) is 0 Å². The van der Waals surface area contributed by atoms with Gasteiger partial charge in [-0.2, -0.15) is 0 Å². The summed E-state index contributed by atoms with van der Waals surface area (Å²) in [7, 11) is 0. The maximum absolute atomic E-state index is 13.4. The molecule has 2 atom stereocenters. The molecule has 1 fully saturated rings. The number of alkyl halides is 1. The van der Waals surface area contributed by atoms with Crippen molar-refractivity contribution in [3.05, 3.63) is 34.4 Å². The number of benzene rings is 1. The highest BCUT2D eigenvalue weighted by Gasteiger charge is 2.38. The minimum Gasteiger partial charge on any atom is -0.204 e. The molecule has 1 aromatic rings. The molecule has 0 spiro atoms. The van der Waals surface area contributed by atoms with Gasteiger partial charge >= 0.3 is 0 Å². The summed E-state index contributed by atoms with van der Waals surface area (Å²) in [6, 6.07) is 2.29. The van der Waals surface area contributed by atoms with E-state index in [4.69, 9.17) is 11.6 Å². The molecule has 0 saturated heterocycles. The average molecular weight is 352 g/mol. The van der Waals surface area contributed by atoms with Gasteiger partial charge in [0.25, 0.3) is 0 Å². The summed E-state index contributed by atoms with van der Waals surface area (Å²) in [5, 5.41) is 0.294. The van der Waals surface area contributed by atoms with Gasteiger partial charge in [-0.05, 0) is 41.9 Å². The minimum atomic E-state index is -0.892. The normalized spacial score (nSPS) is 24.2. The standard InChI is InChI=1S/C15H18BrClF2/c1-15(2)6-4-3-5-10(15)14(16)9-7-12(18)13(19)8-11(9)17/h7-8,10,14H,3-6H2,1-2H3. The molecule has 0 heterocycles. The van der Waals surface area contributed by atoms with E-state index in [0.717, 1.165) is 18.9 Å². The van der Waals surface area contributed by atoms with Crippen molar-refractivity contribution in [3.8, 4) is 0 Å². The molecule has 106 valence electrons. The number of rotatable bonds is 2. The van der Waals surface area contributed by atoms with Crippen LogP contribution >= 0.6 is 27.5 Å². The summed E-state index contributed by atoms with van der Waals surface area (Å²) < 4.78 is 26.6. The molecule has 1 aromatic carbocycles. The largest absolute Gasteiger partial charge is 0.204 e. The quantitative estimate of drug-likeness (QED) is 0.435. The van der Waals surface area contributed by atoms with E-state index in [-0.39, 0.29) is 10.2 Å². The fraction of sp³-hybridized carbons (Fsp3) is 0.600. The third-order valence-corrected chi connectivity index (χ3v) is 5.74. The van der Waals surface area contributed by atoms with Gasteiger partial charge in [-0.3, -0.25) is 0 Å². The summed E-state index contributed by atoms with van der Waals surface area (Å²) in [5.74, 6) is -1.35. The van der Waals surface area contributed by atoms with Crippen molar-refractivity contribution in [2.75, 3.05) is 0 Å². The highest BCUT2D eigenvalue weighted by Crippen LogP contribution is 2.51. The first-order valence-electron chi connectivity index (χ1n) is 6.61. The molecule has 0 aromatic heterocycles. The first kappa shape index (κ1) is 15.2. The summed E-state index contributed by atoms with van der Waals surface area (Å²) in [6.45, 7) is 4.47. The SMILES string of the molecule is CC1(C)CCCCC1C(Br)c1cc(F)c(F)cc1Cl. The molecule has 1 aliphatic carbocycles. The van der Waals surface area contributed by atoms with Crippen molar-refractivity contribution < 1.29 is 8.78 Å². The predicted octanol–water partition coefficient (Wildman–Crippen LogP) is 6.27. The van der Waals surface area contributed by atoms with Crippen molar-refractivity contribution in [1.29, 1.82) is 0 Å². The van der Waals surface area contributed by atoms with Gasteiger partial charge in [-0.1, -0.05) is 54.2 Å². The Balaban J connectivity index is 2.33. The molecule has 0 radical (unpaired) electrons. The zero-order chi connectivity index (χ0) is 14.2. The topological polar surface area (TPSA) is 0 Å². The van der Waals surface area contributed by atoms with Crippen molar-refractivity contribution in [2.45, 2.75) is 44.4 Å². The number of hydrogen-bond donors (Lipinski definition) is 0. The van der Waals surface area contributed by atoms with Gasteiger partial charge < -0.3 is 0 Å². The molecule has 4 heteroatoms. The van der Waals surface area contributed by atoms with Crippen LogP contribution in [-0.4, -0.2) is 0 Å². The highest BCUT2D eigenvalue weighted by molar-refractivity contribution is 9.09. The third kappa shape index (κ3) is 3.13. The summed E-state index contributed by atoms with van der Waals surface area (Å²) >= 11 is 9.73. The second-order valence-electron chi connectivity index (χ2n) is 6.03. The number of halogens is 4. The summed E-state index contributed by atoms with van der Waals surface area (Å²) in [6.07, 6.45) is 4.64. The molecule has 1 aliphatic rings. The van der Waals surface area contributed by atoms with Gasteiger partial charge in [0.2, 0.25) is 0 Å². The van der Waals surface area contributed by atoms with Crippen LogP contribution < -0.4 is 0 Å². The summed E-state index contributed by atoms with van der Waals surface area (Å²) in [5.41, 5.74) is 0.834. The van der Waals surface area contributed by atoms with Crippen LogP contribution in [0.5, 0.6) is 0 Å². The lowest BCUT2D eigenvalue weighted by Gasteiger charge is -2.41. The Bertz CT molecular complexity index is 473. The molecule has 0 nitrogen and oxygen atoms in total. The van der Waals surface area contributed by atoms with Crippen molar-refractivity contribution in [2.24, 2.45) is 11.3 Å². The Morgan fingerprint density at radius 1 is 1.26 bits per heavy atom. The second-order valence-corrected chi connectivity index (χ2v) is 7.42.